The Morgan fingerprint density at radius 3 is 2.94 bits per heavy atom. The van der Waals surface area contributed by atoms with Crippen molar-refractivity contribution in [3.63, 3.8) is 0 Å². The third-order valence-corrected chi connectivity index (χ3v) is 2.59. The Balaban J connectivity index is 2.61. The minimum atomic E-state index is -0.356. The first-order valence-corrected chi connectivity index (χ1v) is 6.09. The monoisotopic (exact) mass is 240 g/mol. The van der Waals surface area contributed by atoms with Gasteiger partial charge >= 0.3 is 0 Å². The molecule has 1 atom stereocenters. The molecular weight excluding hydrogens is 219 g/mol. The van der Waals surface area contributed by atoms with Crippen molar-refractivity contribution >= 4 is 0 Å². The summed E-state index contributed by atoms with van der Waals surface area (Å²) in [6, 6.07) is 1.66. The van der Waals surface area contributed by atoms with E-state index in [9.17, 15) is 4.39 Å². The molecule has 0 radical (unpaired) electrons. The van der Waals surface area contributed by atoms with E-state index in [1.54, 1.807) is 19.3 Å². The molecule has 1 aromatic rings. The molecule has 0 aliphatic carbocycles. The van der Waals surface area contributed by atoms with Gasteiger partial charge in [-0.15, -0.1) is 0 Å². The Morgan fingerprint density at radius 1 is 1.53 bits per heavy atom. The maximum absolute atomic E-state index is 13.9. The van der Waals surface area contributed by atoms with Gasteiger partial charge in [0, 0.05) is 18.3 Å². The zero-order chi connectivity index (χ0) is 12.7. The van der Waals surface area contributed by atoms with Crippen LogP contribution in [0, 0.1) is 11.7 Å². The van der Waals surface area contributed by atoms with Gasteiger partial charge in [-0.05, 0) is 25.5 Å². The van der Waals surface area contributed by atoms with Crippen LogP contribution in [0.4, 0.5) is 4.39 Å². The van der Waals surface area contributed by atoms with Crippen LogP contribution in [-0.4, -0.2) is 18.6 Å². The summed E-state index contributed by atoms with van der Waals surface area (Å²) in [5.74, 6) is 0.181. The molecule has 0 aliphatic heterocycles. The van der Waals surface area contributed by atoms with Crippen LogP contribution in [0.5, 0.6) is 5.88 Å². The fourth-order valence-electron chi connectivity index (χ4n) is 1.69. The molecule has 0 amide bonds. The molecular formula is C13H21FN2O. The van der Waals surface area contributed by atoms with Gasteiger partial charge in [0.25, 0.3) is 5.88 Å². The summed E-state index contributed by atoms with van der Waals surface area (Å²) in [7, 11) is 1.78. The largest absolute Gasteiger partial charge is 0.475 e. The second-order valence-electron chi connectivity index (χ2n) is 4.32. The number of aromatic nitrogens is 1. The van der Waals surface area contributed by atoms with Crippen LogP contribution in [0.3, 0.4) is 0 Å². The Bertz CT molecular complexity index is 344. The lowest BCUT2D eigenvalue weighted by molar-refractivity contribution is 0.231. The minimum Gasteiger partial charge on any atom is -0.475 e. The van der Waals surface area contributed by atoms with Crippen molar-refractivity contribution in [2.24, 2.45) is 5.92 Å². The summed E-state index contributed by atoms with van der Waals surface area (Å²) >= 11 is 0. The highest BCUT2D eigenvalue weighted by Gasteiger charge is 2.11. The third kappa shape index (κ3) is 4.30. The average molecular weight is 240 g/mol. The lowest BCUT2D eigenvalue weighted by Crippen LogP contribution is -2.12. The first kappa shape index (κ1) is 13.9. The molecule has 0 fully saturated rings. The van der Waals surface area contributed by atoms with Crippen LogP contribution in [0.1, 0.15) is 32.3 Å². The number of rotatable bonds is 7. The van der Waals surface area contributed by atoms with Gasteiger partial charge in [-0.25, -0.2) is 9.37 Å². The quantitative estimate of drug-likeness (QED) is 0.795. The van der Waals surface area contributed by atoms with Crippen LogP contribution in [0.25, 0.3) is 0 Å². The fourth-order valence-corrected chi connectivity index (χ4v) is 1.69. The van der Waals surface area contributed by atoms with E-state index >= 15 is 0 Å². The molecule has 1 aromatic heterocycles. The number of hydrogen-bond acceptors (Lipinski definition) is 3. The molecule has 0 bridgehead atoms. The van der Waals surface area contributed by atoms with Crippen LogP contribution in [-0.2, 0) is 6.54 Å². The standard InChI is InChI=1S/C13H21FN2O/c1-4-5-10(2)9-17-13-12(14)11(8-15-3)6-7-16-13/h6-7,10,15H,4-5,8-9H2,1-3H3. The highest BCUT2D eigenvalue weighted by molar-refractivity contribution is 5.23. The number of ether oxygens (including phenoxy) is 1. The van der Waals surface area contributed by atoms with E-state index in [0.717, 1.165) is 12.8 Å². The molecule has 96 valence electrons. The Hall–Kier alpha value is -1.16. The van der Waals surface area contributed by atoms with Crippen molar-refractivity contribution in [2.45, 2.75) is 33.2 Å². The Kier molecular flexibility index (Phi) is 5.91. The third-order valence-electron chi connectivity index (χ3n) is 2.59. The fraction of sp³-hybridized carbons (Fsp3) is 0.615. The second kappa shape index (κ2) is 7.22. The predicted molar refractivity (Wildman–Crippen MR) is 66.5 cm³/mol. The van der Waals surface area contributed by atoms with E-state index < -0.39 is 0 Å². The van der Waals surface area contributed by atoms with Gasteiger partial charge in [-0.2, -0.15) is 0 Å². The van der Waals surface area contributed by atoms with Crippen LogP contribution in [0.15, 0.2) is 12.3 Å². The molecule has 0 saturated carbocycles. The highest BCUT2D eigenvalue weighted by Crippen LogP contribution is 2.18. The second-order valence-corrected chi connectivity index (χ2v) is 4.32. The van der Waals surface area contributed by atoms with Gasteiger partial charge in [0.05, 0.1) is 6.61 Å². The molecule has 1 N–H and O–H groups in total. The Labute approximate surface area is 102 Å². The normalized spacial score (nSPS) is 12.5. The first-order valence-electron chi connectivity index (χ1n) is 6.09. The Morgan fingerprint density at radius 2 is 2.29 bits per heavy atom. The summed E-state index contributed by atoms with van der Waals surface area (Å²) in [4.78, 5) is 3.93. The zero-order valence-electron chi connectivity index (χ0n) is 10.8. The molecule has 1 heterocycles. The lowest BCUT2D eigenvalue weighted by atomic mass is 10.1. The average Bonchev–Trinajstić information content (AvgIpc) is 2.31. The molecule has 0 spiro atoms. The maximum atomic E-state index is 13.9. The smallest absolute Gasteiger partial charge is 0.250 e. The van der Waals surface area contributed by atoms with Gasteiger partial charge in [0.1, 0.15) is 0 Å². The van der Waals surface area contributed by atoms with Crippen molar-refractivity contribution in [1.29, 1.82) is 0 Å². The van der Waals surface area contributed by atoms with Crippen molar-refractivity contribution < 1.29 is 9.13 Å². The van der Waals surface area contributed by atoms with E-state index in [2.05, 4.69) is 24.1 Å². The van der Waals surface area contributed by atoms with E-state index in [0.29, 0.717) is 24.6 Å². The van der Waals surface area contributed by atoms with Crippen molar-refractivity contribution in [1.82, 2.24) is 10.3 Å². The van der Waals surface area contributed by atoms with Crippen molar-refractivity contribution in [3.05, 3.63) is 23.6 Å². The van der Waals surface area contributed by atoms with Gasteiger partial charge in [-0.3, -0.25) is 0 Å². The summed E-state index contributed by atoms with van der Waals surface area (Å²) in [5.41, 5.74) is 0.584. The molecule has 4 heteroatoms. The zero-order valence-corrected chi connectivity index (χ0v) is 10.8. The minimum absolute atomic E-state index is 0.112. The SMILES string of the molecule is CCCC(C)COc1nccc(CNC)c1F. The molecule has 1 rings (SSSR count). The predicted octanol–water partition coefficient (Wildman–Crippen LogP) is 2.76. The number of nitrogens with zero attached hydrogens (tertiary/aromatic N) is 1. The maximum Gasteiger partial charge on any atom is 0.250 e. The summed E-state index contributed by atoms with van der Waals surface area (Å²) < 4.78 is 19.3. The topological polar surface area (TPSA) is 34.1 Å². The van der Waals surface area contributed by atoms with E-state index in [1.165, 1.54) is 0 Å². The number of nitrogens with one attached hydrogen (secondary N) is 1. The molecule has 0 aromatic carbocycles. The number of hydrogen-bond donors (Lipinski definition) is 1. The molecule has 0 aliphatic rings. The molecule has 3 nitrogen and oxygen atoms in total. The van der Waals surface area contributed by atoms with Gasteiger partial charge in [0.15, 0.2) is 5.82 Å². The van der Waals surface area contributed by atoms with Crippen LogP contribution < -0.4 is 10.1 Å². The number of pyridine rings is 1. The molecule has 1 unspecified atom stereocenters. The summed E-state index contributed by atoms with van der Waals surface area (Å²) in [6.45, 7) is 5.22. The number of halogens is 1. The summed E-state index contributed by atoms with van der Waals surface area (Å²) in [6.07, 6.45) is 3.77. The summed E-state index contributed by atoms with van der Waals surface area (Å²) in [5, 5.41) is 2.91. The van der Waals surface area contributed by atoms with Crippen LogP contribution in [0.2, 0.25) is 0 Å². The first-order chi connectivity index (χ1) is 8.19. The van der Waals surface area contributed by atoms with Gasteiger partial charge < -0.3 is 10.1 Å². The highest BCUT2D eigenvalue weighted by atomic mass is 19.1. The van der Waals surface area contributed by atoms with E-state index in [4.69, 9.17) is 4.74 Å². The van der Waals surface area contributed by atoms with Crippen molar-refractivity contribution in [2.75, 3.05) is 13.7 Å². The van der Waals surface area contributed by atoms with Gasteiger partial charge in [0.2, 0.25) is 0 Å². The van der Waals surface area contributed by atoms with Crippen LogP contribution >= 0.6 is 0 Å². The van der Waals surface area contributed by atoms with E-state index in [-0.39, 0.29) is 11.7 Å². The molecule has 17 heavy (non-hydrogen) atoms. The van der Waals surface area contributed by atoms with Crippen molar-refractivity contribution in [3.8, 4) is 5.88 Å². The van der Waals surface area contributed by atoms with E-state index in [1.807, 2.05) is 0 Å². The lowest BCUT2D eigenvalue weighted by Gasteiger charge is -2.12. The molecule has 0 saturated heterocycles. The van der Waals surface area contributed by atoms with Gasteiger partial charge in [-0.1, -0.05) is 20.3 Å².